The Labute approximate surface area is 203 Å². The van der Waals surface area contributed by atoms with Gasteiger partial charge in [-0.2, -0.15) is 5.10 Å². The summed E-state index contributed by atoms with van der Waals surface area (Å²) in [6.45, 7) is 3.40. The van der Waals surface area contributed by atoms with Crippen LogP contribution in [0.1, 0.15) is 41.2 Å². The SMILES string of the molecule is COc1cc2nn(CC(=O)OCc3ccccc3)cc2cc1CC(=O)c1cccc(C(C)(C)O)n1. The van der Waals surface area contributed by atoms with E-state index in [1.165, 1.54) is 11.8 Å². The third kappa shape index (κ3) is 5.91. The zero-order valence-electron chi connectivity index (χ0n) is 19.9. The van der Waals surface area contributed by atoms with Gasteiger partial charge in [0.05, 0.1) is 18.3 Å². The molecule has 4 rings (SSSR count). The number of benzene rings is 2. The summed E-state index contributed by atoms with van der Waals surface area (Å²) in [5.41, 5.74) is 1.76. The molecule has 0 bridgehead atoms. The fourth-order valence-electron chi connectivity index (χ4n) is 3.67. The van der Waals surface area contributed by atoms with Crippen molar-refractivity contribution in [2.75, 3.05) is 7.11 Å². The number of aromatic nitrogens is 3. The van der Waals surface area contributed by atoms with E-state index in [2.05, 4.69) is 10.1 Å². The maximum absolute atomic E-state index is 13.0. The van der Waals surface area contributed by atoms with Crippen LogP contribution in [0.5, 0.6) is 5.75 Å². The molecule has 2 aromatic heterocycles. The highest BCUT2D eigenvalue weighted by molar-refractivity contribution is 5.97. The van der Waals surface area contributed by atoms with E-state index in [-0.39, 0.29) is 31.0 Å². The number of esters is 1. The van der Waals surface area contributed by atoms with Crippen LogP contribution in [0.15, 0.2) is 66.9 Å². The van der Waals surface area contributed by atoms with Gasteiger partial charge in [-0.05, 0) is 37.6 Å². The predicted molar refractivity (Wildman–Crippen MR) is 130 cm³/mol. The molecule has 1 N–H and O–H groups in total. The van der Waals surface area contributed by atoms with E-state index in [4.69, 9.17) is 9.47 Å². The molecule has 0 aliphatic heterocycles. The lowest BCUT2D eigenvalue weighted by atomic mass is 10.0. The summed E-state index contributed by atoms with van der Waals surface area (Å²) >= 11 is 0. The standard InChI is InChI=1S/C27H27N3O5/c1-27(2,33)25-11-7-10-21(28-25)23(31)13-19-12-20-15-30(29-22(20)14-24(19)34-3)16-26(32)35-17-18-8-5-4-6-9-18/h4-12,14-15,33H,13,16-17H2,1-3H3. The smallest absolute Gasteiger partial charge is 0.328 e. The Morgan fingerprint density at radius 1 is 1.06 bits per heavy atom. The molecular weight excluding hydrogens is 446 g/mol. The molecule has 0 spiro atoms. The van der Waals surface area contributed by atoms with Crippen LogP contribution in [0.25, 0.3) is 10.9 Å². The van der Waals surface area contributed by atoms with E-state index in [1.807, 2.05) is 36.4 Å². The van der Waals surface area contributed by atoms with Crippen molar-refractivity contribution in [1.82, 2.24) is 14.8 Å². The zero-order valence-corrected chi connectivity index (χ0v) is 19.9. The number of pyridine rings is 1. The van der Waals surface area contributed by atoms with Gasteiger partial charge in [-0.15, -0.1) is 0 Å². The Morgan fingerprint density at radius 3 is 2.54 bits per heavy atom. The molecule has 0 aliphatic carbocycles. The highest BCUT2D eigenvalue weighted by Crippen LogP contribution is 2.27. The minimum Gasteiger partial charge on any atom is -0.496 e. The van der Waals surface area contributed by atoms with Gasteiger partial charge in [-0.1, -0.05) is 36.4 Å². The fraction of sp³-hybridized carbons (Fsp3) is 0.259. The summed E-state index contributed by atoms with van der Waals surface area (Å²) in [5.74, 6) is -0.0891. The molecule has 0 radical (unpaired) electrons. The maximum Gasteiger partial charge on any atom is 0.328 e. The lowest BCUT2D eigenvalue weighted by Crippen LogP contribution is -2.19. The van der Waals surface area contributed by atoms with Crippen molar-refractivity contribution < 1.29 is 24.2 Å². The minimum atomic E-state index is -1.15. The number of hydrogen-bond acceptors (Lipinski definition) is 7. The summed E-state index contributed by atoms with van der Waals surface area (Å²) in [4.78, 5) is 29.6. The van der Waals surface area contributed by atoms with Crippen molar-refractivity contribution in [3.05, 3.63) is 89.4 Å². The first kappa shape index (κ1) is 24.1. The molecule has 0 saturated heterocycles. The topological polar surface area (TPSA) is 104 Å². The third-order valence-electron chi connectivity index (χ3n) is 5.50. The number of Topliss-reactive ketones (excluding diaryl/α,β-unsaturated/α-hetero) is 1. The first-order valence-electron chi connectivity index (χ1n) is 11.2. The fourth-order valence-corrected chi connectivity index (χ4v) is 3.67. The summed E-state index contributed by atoms with van der Waals surface area (Å²) in [5, 5.41) is 15.4. The molecule has 8 nitrogen and oxygen atoms in total. The van der Waals surface area contributed by atoms with Crippen LogP contribution in [0.4, 0.5) is 0 Å². The van der Waals surface area contributed by atoms with Crippen molar-refractivity contribution in [3.63, 3.8) is 0 Å². The molecule has 35 heavy (non-hydrogen) atoms. The number of aliphatic hydroxyl groups is 1. The largest absolute Gasteiger partial charge is 0.496 e. The quantitative estimate of drug-likeness (QED) is 0.291. The van der Waals surface area contributed by atoms with Gasteiger partial charge in [-0.3, -0.25) is 14.3 Å². The van der Waals surface area contributed by atoms with Gasteiger partial charge in [0.1, 0.15) is 30.2 Å². The van der Waals surface area contributed by atoms with Gasteiger partial charge in [0.2, 0.25) is 0 Å². The van der Waals surface area contributed by atoms with Crippen molar-refractivity contribution in [2.24, 2.45) is 0 Å². The number of nitrogens with zero attached hydrogens (tertiary/aromatic N) is 3. The van der Waals surface area contributed by atoms with Gasteiger partial charge in [-0.25, -0.2) is 4.98 Å². The first-order chi connectivity index (χ1) is 16.7. The number of ketones is 1. The van der Waals surface area contributed by atoms with Crippen LogP contribution in [0, 0.1) is 0 Å². The second-order valence-corrected chi connectivity index (χ2v) is 8.76. The second-order valence-electron chi connectivity index (χ2n) is 8.76. The van der Waals surface area contributed by atoms with E-state index in [9.17, 15) is 14.7 Å². The van der Waals surface area contributed by atoms with Crippen molar-refractivity contribution >= 4 is 22.7 Å². The molecule has 4 aromatic rings. The normalized spacial score (nSPS) is 11.4. The molecule has 0 unspecified atom stereocenters. The lowest BCUT2D eigenvalue weighted by Gasteiger charge is -2.17. The average Bonchev–Trinajstić information content (AvgIpc) is 3.23. The molecule has 0 amide bonds. The van der Waals surface area contributed by atoms with E-state index < -0.39 is 11.6 Å². The Kier molecular flexibility index (Phi) is 6.93. The number of rotatable bonds is 9. The Bertz CT molecular complexity index is 1360. The van der Waals surface area contributed by atoms with E-state index in [1.54, 1.807) is 44.3 Å². The monoisotopic (exact) mass is 473 g/mol. The van der Waals surface area contributed by atoms with Gasteiger partial charge < -0.3 is 14.6 Å². The highest BCUT2D eigenvalue weighted by atomic mass is 16.5. The molecule has 2 aromatic carbocycles. The second kappa shape index (κ2) is 10.1. The first-order valence-corrected chi connectivity index (χ1v) is 11.2. The van der Waals surface area contributed by atoms with E-state index in [0.29, 0.717) is 22.5 Å². The van der Waals surface area contributed by atoms with E-state index >= 15 is 0 Å². The summed E-state index contributed by atoms with van der Waals surface area (Å²) in [6, 6.07) is 18.0. The van der Waals surface area contributed by atoms with Gasteiger partial charge in [0.25, 0.3) is 0 Å². The molecule has 0 atom stereocenters. The number of carbonyl (C=O) groups excluding carboxylic acids is 2. The number of fused-ring (bicyclic) bond motifs is 1. The third-order valence-corrected chi connectivity index (χ3v) is 5.50. The Balaban J connectivity index is 1.49. The van der Waals surface area contributed by atoms with E-state index in [0.717, 1.165) is 10.9 Å². The molecule has 2 heterocycles. The Hall–Kier alpha value is -4.04. The molecule has 0 fully saturated rings. The summed E-state index contributed by atoms with van der Waals surface area (Å²) in [7, 11) is 1.53. The van der Waals surface area contributed by atoms with Crippen LogP contribution in [0.2, 0.25) is 0 Å². The van der Waals surface area contributed by atoms with Crippen molar-refractivity contribution in [1.29, 1.82) is 0 Å². The van der Waals surface area contributed by atoms with Crippen LogP contribution in [-0.4, -0.2) is 38.7 Å². The predicted octanol–water partition coefficient (Wildman–Crippen LogP) is 3.84. The van der Waals surface area contributed by atoms with Crippen LogP contribution >= 0.6 is 0 Å². The zero-order chi connectivity index (χ0) is 25.0. The van der Waals surface area contributed by atoms with Gasteiger partial charge in [0.15, 0.2) is 5.78 Å². The van der Waals surface area contributed by atoms with Crippen LogP contribution in [-0.2, 0) is 34.7 Å². The van der Waals surface area contributed by atoms with Crippen molar-refractivity contribution in [2.45, 2.75) is 39.0 Å². The summed E-state index contributed by atoms with van der Waals surface area (Å²) < 4.78 is 12.3. The molecule has 0 aliphatic rings. The highest BCUT2D eigenvalue weighted by Gasteiger charge is 2.20. The lowest BCUT2D eigenvalue weighted by molar-refractivity contribution is -0.145. The molecule has 180 valence electrons. The van der Waals surface area contributed by atoms with Crippen LogP contribution < -0.4 is 4.74 Å². The summed E-state index contributed by atoms with van der Waals surface area (Å²) in [6.07, 6.45) is 1.80. The van der Waals surface area contributed by atoms with Gasteiger partial charge in [0, 0.05) is 29.6 Å². The average molecular weight is 474 g/mol. The number of ether oxygens (including phenoxy) is 2. The molecular formula is C27H27N3O5. The van der Waals surface area contributed by atoms with Crippen molar-refractivity contribution in [3.8, 4) is 5.75 Å². The maximum atomic E-state index is 13.0. The Morgan fingerprint density at radius 2 is 1.83 bits per heavy atom. The molecule has 8 heteroatoms. The molecule has 0 saturated carbocycles. The minimum absolute atomic E-state index is 0.0360. The number of carbonyl (C=O) groups is 2. The van der Waals surface area contributed by atoms with Gasteiger partial charge >= 0.3 is 5.97 Å². The number of methoxy groups -OCH3 is 1. The number of hydrogen-bond donors (Lipinski definition) is 1. The van der Waals surface area contributed by atoms with Crippen LogP contribution in [0.3, 0.4) is 0 Å².